The molecule has 144 valence electrons. The zero-order chi connectivity index (χ0) is 18.9. The highest BCUT2D eigenvalue weighted by Crippen LogP contribution is 2.12. The fraction of sp³-hybridized carbons (Fsp3) is 0.542. The van der Waals surface area contributed by atoms with Gasteiger partial charge in [-0.15, -0.1) is 0 Å². The first-order chi connectivity index (χ1) is 12.7. The van der Waals surface area contributed by atoms with E-state index in [0.717, 1.165) is 12.8 Å². The van der Waals surface area contributed by atoms with Gasteiger partial charge in [-0.2, -0.15) is 0 Å². The van der Waals surface area contributed by atoms with Crippen molar-refractivity contribution in [2.75, 3.05) is 0 Å². The summed E-state index contributed by atoms with van der Waals surface area (Å²) in [6.45, 7) is 2.25. The van der Waals surface area contributed by atoms with Gasteiger partial charge in [0, 0.05) is 6.42 Å². The second-order valence-electron chi connectivity index (χ2n) is 7.03. The van der Waals surface area contributed by atoms with E-state index in [2.05, 4.69) is 55.5 Å². The van der Waals surface area contributed by atoms with Crippen LogP contribution in [-0.4, -0.2) is 11.1 Å². The predicted molar refractivity (Wildman–Crippen MR) is 113 cm³/mol. The van der Waals surface area contributed by atoms with Gasteiger partial charge in [-0.3, -0.25) is 4.79 Å². The lowest BCUT2D eigenvalue weighted by atomic mass is 10.1. The largest absolute Gasteiger partial charge is 0.481 e. The summed E-state index contributed by atoms with van der Waals surface area (Å²) in [4.78, 5) is 10.3. The van der Waals surface area contributed by atoms with Gasteiger partial charge >= 0.3 is 5.97 Å². The van der Waals surface area contributed by atoms with Gasteiger partial charge in [0.15, 0.2) is 0 Å². The molecule has 0 amide bonds. The molecule has 0 radical (unpaired) electrons. The van der Waals surface area contributed by atoms with Gasteiger partial charge in [0.05, 0.1) is 0 Å². The summed E-state index contributed by atoms with van der Waals surface area (Å²) in [6, 6.07) is 16.7. The van der Waals surface area contributed by atoms with Crippen LogP contribution in [0.3, 0.4) is 0 Å². The normalized spacial score (nSPS) is 10.3. The van der Waals surface area contributed by atoms with Crippen molar-refractivity contribution in [3.05, 3.63) is 48.5 Å². The van der Waals surface area contributed by atoms with Crippen molar-refractivity contribution in [3.8, 4) is 0 Å². The Morgan fingerprint density at radius 2 is 1.00 bits per heavy atom. The topological polar surface area (TPSA) is 37.3 Å². The maximum absolute atomic E-state index is 10.3. The monoisotopic (exact) mass is 356 g/mol. The lowest BCUT2D eigenvalue weighted by Crippen LogP contribution is -1.93. The van der Waals surface area contributed by atoms with Crippen molar-refractivity contribution >= 4 is 16.7 Å². The predicted octanol–water partition coefficient (Wildman–Crippen LogP) is 7.61. The number of unbranched alkanes of at least 4 members (excludes halogenated alkanes) is 10. The van der Waals surface area contributed by atoms with E-state index >= 15 is 0 Å². The molecule has 0 atom stereocenters. The van der Waals surface area contributed by atoms with Crippen molar-refractivity contribution in [1.82, 2.24) is 0 Å². The number of hydrogen-bond acceptors (Lipinski definition) is 1. The third-order valence-electron chi connectivity index (χ3n) is 4.65. The lowest BCUT2D eigenvalue weighted by molar-refractivity contribution is -0.137. The molecule has 2 heteroatoms. The first-order valence-electron chi connectivity index (χ1n) is 10.4. The molecule has 0 spiro atoms. The number of carboxylic acids is 1. The van der Waals surface area contributed by atoms with Crippen LogP contribution in [0, 0.1) is 0 Å². The molecule has 1 N–H and O–H groups in total. The van der Waals surface area contributed by atoms with Crippen LogP contribution < -0.4 is 0 Å². The second-order valence-corrected chi connectivity index (χ2v) is 7.03. The summed E-state index contributed by atoms with van der Waals surface area (Å²) < 4.78 is 0. The van der Waals surface area contributed by atoms with E-state index in [-0.39, 0.29) is 0 Å². The van der Waals surface area contributed by atoms with Gasteiger partial charge in [0.25, 0.3) is 0 Å². The van der Waals surface area contributed by atoms with Crippen LogP contribution >= 0.6 is 0 Å². The molecule has 2 rings (SSSR count). The highest BCUT2D eigenvalue weighted by molar-refractivity contribution is 5.82. The Labute approximate surface area is 159 Å². The summed E-state index contributed by atoms with van der Waals surface area (Å²) in [7, 11) is 0. The molecule has 0 unspecified atom stereocenters. The molecule has 0 heterocycles. The van der Waals surface area contributed by atoms with E-state index in [1.807, 2.05) is 0 Å². The Morgan fingerprint density at radius 3 is 1.35 bits per heavy atom. The number of hydrogen-bond donors (Lipinski definition) is 1. The zero-order valence-electron chi connectivity index (χ0n) is 16.5. The molecule has 0 saturated carbocycles. The Bertz CT molecular complexity index is 526. The molecular weight excluding hydrogens is 320 g/mol. The van der Waals surface area contributed by atoms with Crippen molar-refractivity contribution in [1.29, 1.82) is 0 Å². The summed E-state index contributed by atoms with van der Waals surface area (Å²) >= 11 is 0. The van der Waals surface area contributed by atoms with E-state index in [9.17, 15) is 4.79 Å². The minimum atomic E-state index is -0.657. The summed E-state index contributed by atoms with van der Waals surface area (Å²) in [6.07, 6.45) is 14.4. The summed E-state index contributed by atoms with van der Waals surface area (Å²) in [5.74, 6) is -0.657. The third kappa shape index (κ3) is 11.7. The summed E-state index contributed by atoms with van der Waals surface area (Å²) in [5, 5.41) is 11.1. The van der Waals surface area contributed by atoms with E-state index in [1.54, 1.807) is 0 Å². The first kappa shape index (κ1) is 22.2. The fourth-order valence-electron chi connectivity index (χ4n) is 3.07. The molecular formula is C24H36O2. The van der Waals surface area contributed by atoms with Crippen molar-refractivity contribution in [3.63, 3.8) is 0 Å². The van der Waals surface area contributed by atoms with Crippen LogP contribution in [0.2, 0.25) is 0 Å². The van der Waals surface area contributed by atoms with E-state index in [4.69, 9.17) is 5.11 Å². The molecule has 0 bridgehead atoms. The molecule has 2 nitrogen and oxygen atoms in total. The van der Waals surface area contributed by atoms with Crippen LogP contribution in [0.5, 0.6) is 0 Å². The molecule has 0 aliphatic carbocycles. The third-order valence-corrected chi connectivity index (χ3v) is 4.65. The average Bonchev–Trinajstić information content (AvgIpc) is 2.66. The number of rotatable bonds is 12. The number of benzene rings is 2. The molecule has 0 saturated heterocycles. The maximum Gasteiger partial charge on any atom is 0.303 e. The van der Waals surface area contributed by atoms with E-state index in [0.29, 0.717) is 6.42 Å². The summed E-state index contributed by atoms with van der Waals surface area (Å²) in [5.41, 5.74) is 0. The van der Waals surface area contributed by atoms with Gasteiger partial charge in [0.1, 0.15) is 0 Å². The zero-order valence-corrected chi connectivity index (χ0v) is 16.5. The van der Waals surface area contributed by atoms with Gasteiger partial charge in [-0.05, 0) is 17.2 Å². The van der Waals surface area contributed by atoms with Gasteiger partial charge in [-0.25, -0.2) is 0 Å². The number of carboxylic acid groups (broad SMARTS) is 1. The van der Waals surface area contributed by atoms with Crippen molar-refractivity contribution < 1.29 is 9.90 Å². The SMILES string of the molecule is CCCCCCCCCCCCCC(=O)O.c1ccc2ccccc2c1. The smallest absolute Gasteiger partial charge is 0.303 e. The quantitative estimate of drug-likeness (QED) is 0.397. The molecule has 2 aromatic carbocycles. The number of aliphatic carboxylic acids is 1. The fourth-order valence-corrected chi connectivity index (χ4v) is 3.07. The average molecular weight is 357 g/mol. The maximum atomic E-state index is 10.3. The molecule has 2 aromatic rings. The molecule has 0 aliphatic heterocycles. The Balaban J connectivity index is 0.000000284. The Morgan fingerprint density at radius 1 is 0.654 bits per heavy atom. The van der Waals surface area contributed by atoms with Crippen LogP contribution in [0.1, 0.15) is 84.0 Å². The molecule has 26 heavy (non-hydrogen) atoms. The molecule has 0 fully saturated rings. The second kappa shape index (κ2) is 15.4. The Kier molecular flexibility index (Phi) is 13.2. The van der Waals surface area contributed by atoms with E-state index in [1.165, 1.54) is 68.6 Å². The lowest BCUT2D eigenvalue weighted by Gasteiger charge is -2.01. The van der Waals surface area contributed by atoms with Crippen molar-refractivity contribution in [2.24, 2.45) is 0 Å². The minimum Gasteiger partial charge on any atom is -0.481 e. The number of fused-ring (bicyclic) bond motifs is 1. The highest BCUT2D eigenvalue weighted by Gasteiger charge is 1.96. The van der Waals surface area contributed by atoms with Crippen LogP contribution in [0.15, 0.2) is 48.5 Å². The van der Waals surface area contributed by atoms with Gasteiger partial charge in [0.2, 0.25) is 0 Å². The minimum absolute atomic E-state index is 0.344. The molecule has 0 aromatic heterocycles. The molecule has 0 aliphatic rings. The first-order valence-corrected chi connectivity index (χ1v) is 10.4. The van der Waals surface area contributed by atoms with Gasteiger partial charge in [-0.1, -0.05) is 120 Å². The highest BCUT2D eigenvalue weighted by atomic mass is 16.4. The standard InChI is InChI=1S/C14H28O2.C10H8/c1-2-3-4-5-6-7-8-9-10-11-12-13-14(15)16;1-2-6-10-8-4-3-7-9(10)5-1/h2-13H2,1H3,(H,15,16);1-8H. The van der Waals surface area contributed by atoms with Crippen LogP contribution in [0.25, 0.3) is 10.8 Å². The van der Waals surface area contributed by atoms with Crippen molar-refractivity contribution in [2.45, 2.75) is 84.0 Å². The van der Waals surface area contributed by atoms with Crippen LogP contribution in [0.4, 0.5) is 0 Å². The van der Waals surface area contributed by atoms with E-state index < -0.39 is 5.97 Å². The van der Waals surface area contributed by atoms with Crippen LogP contribution in [-0.2, 0) is 4.79 Å². The Hall–Kier alpha value is -1.83. The van der Waals surface area contributed by atoms with Gasteiger partial charge < -0.3 is 5.11 Å². The number of carbonyl (C=O) groups is 1.